The Kier molecular flexibility index (Phi) is 3.84. The van der Waals surface area contributed by atoms with E-state index in [-0.39, 0.29) is 12.1 Å². The summed E-state index contributed by atoms with van der Waals surface area (Å²) < 4.78 is 0. The SMILES string of the molecule is CC(C)(C)ONC(=O)Cc1cc(=O)[nH]c(=O)[nH]1. The van der Waals surface area contributed by atoms with Gasteiger partial charge in [0.05, 0.1) is 12.0 Å². The smallest absolute Gasteiger partial charge is 0.311 e. The molecule has 0 saturated heterocycles. The lowest BCUT2D eigenvalue weighted by Gasteiger charge is -2.18. The molecule has 0 radical (unpaired) electrons. The van der Waals surface area contributed by atoms with Gasteiger partial charge in [-0.25, -0.2) is 10.3 Å². The maximum atomic E-state index is 11.4. The van der Waals surface area contributed by atoms with Gasteiger partial charge in [-0.05, 0) is 20.8 Å². The number of carbonyl (C=O) groups excluding carboxylic acids is 1. The number of hydrogen-bond acceptors (Lipinski definition) is 4. The van der Waals surface area contributed by atoms with Crippen molar-refractivity contribution >= 4 is 5.91 Å². The van der Waals surface area contributed by atoms with Crippen molar-refractivity contribution in [3.05, 3.63) is 32.6 Å². The summed E-state index contributed by atoms with van der Waals surface area (Å²) >= 11 is 0. The van der Waals surface area contributed by atoms with Crippen LogP contribution in [0.5, 0.6) is 0 Å². The molecule has 1 heterocycles. The third-order valence-corrected chi connectivity index (χ3v) is 1.64. The largest absolute Gasteiger partial charge is 0.325 e. The molecule has 7 heteroatoms. The highest BCUT2D eigenvalue weighted by atomic mass is 16.7. The molecule has 0 aliphatic rings. The van der Waals surface area contributed by atoms with Crippen molar-refractivity contribution < 1.29 is 9.63 Å². The van der Waals surface area contributed by atoms with E-state index in [1.54, 1.807) is 20.8 Å². The number of carbonyl (C=O) groups is 1. The second-order valence-corrected chi connectivity index (χ2v) is 4.53. The summed E-state index contributed by atoms with van der Waals surface area (Å²) in [4.78, 5) is 42.7. The van der Waals surface area contributed by atoms with Gasteiger partial charge in [-0.3, -0.25) is 19.4 Å². The lowest BCUT2D eigenvalue weighted by atomic mass is 10.2. The third kappa shape index (κ3) is 5.12. The molecule has 0 fully saturated rings. The summed E-state index contributed by atoms with van der Waals surface area (Å²) in [5.74, 6) is -0.443. The number of nitrogens with one attached hydrogen (secondary N) is 3. The minimum absolute atomic E-state index is 0.130. The van der Waals surface area contributed by atoms with Crippen LogP contribution in [0, 0.1) is 0 Å². The van der Waals surface area contributed by atoms with Gasteiger partial charge < -0.3 is 4.98 Å². The van der Waals surface area contributed by atoms with E-state index in [0.29, 0.717) is 0 Å². The number of hydrogen-bond donors (Lipinski definition) is 3. The van der Waals surface area contributed by atoms with E-state index in [1.165, 1.54) is 0 Å². The minimum Gasteiger partial charge on any atom is -0.311 e. The van der Waals surface area contributed by atoms with Gasteiger partial charge in [-0.2, -0.15) is 0 Å². The van der Waals surface area contributed by atoms with Crippen molar-refractivity contribution in [2.75, 3.05) is 0 Å². The van der Waals surface area contributed by atoms with Crippen LogP contribution < -0.4 is 16.7 Å². The van der Waals surface area contributed by atoms with Crippen molar-refractivity contribution in [1.82, 2.24) is 15.4 Å². The van der Waals surface area contributed by atoms with Gasteiger partial charge in [0.2, 0.25) is 5.91 Å². The van der Waals surface area contributed by atoms with Crippen molar-refractivity contribution in [2.24, 2.45) is 0 Å². The highest BCUT2D eigenvalue weighted by molar-refractivity contribution is 5.76. The molecule has 0 saturated carbocycles. The molecule has 0 unspecified atom stereocenters. The van der Waals surface area contributed by atoms with Gasteiger partial charge in [0.25, 0.3) is 5.56 Å². The maximum Gasteiger partial charge on any atom is 0.325 e. The number of hydroxylamine groups is 1. The second kappa shape index (κ2) is 4.96. The molecule has 94 valence electrons. The molecule has 1 aromatic heterocycles. The van der Waals surface area contributed by atoms with E-state index in [9.17, 15) is 14.4 Å². The fourth-order valence-electron chi connectivity index (χ4n) is 1.03. The first-order chi connectivity index (χ1) is 7.76. The second-order valence-electron chi connectivity index (χ2n) is 4.53. The first-order valence-corrected chi connectivity index (χ1v) is 5.06. The van der Waals surface area contributed by atoms with Crippen molar-refractivity contribution in [3.8, 4) is 0 Å². The van der Waals surface area contributed by atoms with Gasteiger partial charge in [0, 0.05) is 11.8 Å². The zero-order chi connectivity index (χ0) is 13.1. The normalized spacial score (nSPS) is 11.2. The summed E-state index contributed by atoms with van der Waals surface area (Å²) in [5.41, 5.74) is 0.775. The molecule has 7 nitrogen and oxygen atoms in total. The van der Waals surface area contributed by atoms with Crippen LogP contribution in [0.1, 0.15) is 26.5 Å². The molecule has 0 aromatic carbocycles. The molecule has 0 bridgehead atoms. The first-order valence-electron chi connectivity index (χ1n) is 5.06. The Balaban J connectivity index is 2.63. The van der Waals surface area contributed by atoms with E-state index >= 15 is 0 Å². The summed E-state index contributed by atoms with van der Waals surface area (Å²) in [5, 5.41) is 0. The Hall–Kier alpha value is -1.89. The standard InChI is InChI=1S/C10H15N3O4/c1-10(2,3)17-13-8(15)5-6-4-7(14)12-9(16)11-6/h4H,5H2,1-3H3,(H,13,15)(H2,11,12,14,16). The van der Waals surface area contributed by atoms with Gasteiger partial charge in [0.1, 0.15) is 0 Å². The highest BCUT2D eigenvalue weighted by Crippen LogP contribution is 2.03. The average molecular weight is 241 g/mol. The van der Waals surface area contributed by atoms with E-state index in [4.69, 9.17) is 4.84 Å². The lowest BCUT2D eigenvalue weighted by Crippen LogP contribution is -2.35. The summed E-state index contributed by atoms with van der Waals surface area (Å²) in [6, 6.07) is 1.15. The molecule has 0 aliphatic heterocycles. The molecule has 3 N–H and O–H groups in total. The lowest BCUT2D eigenvalue weighted by molar-refractivity contribution is -0.144. The van der Waals surface area contributed by atoms with Gasteiger partial charge in [0.15, 0.2) is 0 Å². The highest BCUT2D eigenvalue weighted by Gasteiger charge is 2.13. The Morgan fingerprint density at radius 1 is 1.35 bits per heavy atom. The average Bonchev–Trinajstić information content (AvgIpc) is 2.11. The predicted molar refractivity (Wildman–Crippen MR) is 60.4 cm³/mol. The van der Waals surface area contributed by atoms with E-state index < -0.39 is 22.8 Å². The molecule has 0 aliphatic carbocycles. The molecule has 17 heavy (non-hydrogen) atoms. The number of aromatic nitrogens is 2. The van der Waals surface area contributed by atoms with E-state index in [2.05, 4.69) is 10.5 Å². The summed E-state index contributed by atoms with van der Waals surface area (Å²) in [7, 11) is 0. The van der Waals surface area contributed by atoms with E-state index in [1.807, 2.05) is 4.98 Å². The third-order valence-electron chi connectivity index (χ3n) is 1.64. The van der Waals surface area contributed by atoms with Crippen LogP contribution >= 0.6 is 0 Å². The number of aromatic amines is 2. The van der Waals surface area contributed by atoms with Crippen LogP contribution in [0.4, 0.5) is 0 Å². The van der Waals surface area contributed by atoms with Crippen molar-refractivity contribution in [3.63, 3.8) is 0 Å². The van der Waals surface area contributed by atoms with Gasteiger partial charge in [-0.15, -0.1) is 0 Å². The van der Waals surface area contributed by atoms with E-state index in [0.717, 1.165) is 6.07 Å². The maximum absolute atomic E-state index is 11.4. The molecule has 1 rings (SSSR count). The Morgan fingerprint density at radius 3 is 2.53 bits per heavy atom. The quantitative estimate of drug-likeness (QED) is 0.618. The molecular weight excluding hydrogens is 226 g/mol. The van der Waals surface area contributed by atoms with Crippen LogP contribution in [-0.4, -0.2) is 21.5 Å². The molecule has 0 spiro atoms. The van der Waals surface area contributed by atoms with Crippen LogP contribution in [0.25, 0.3) is 0 Å². The zero-order valence-electron chi connectivity index (χ0n) is 9.92. The van der Waals surface area contributed by atoms with Crippen molar-refractivity contribution in [1.29, 1.82) is 0 Å². The van der Waals surface area contributed by atoms with Gasteiger partial charge in [-0.1, -0.05) is 0 Å². The Bertz CT molecular complexity index is 481. The van der Waals surface area contributed by atoms with Crippen LogP contribution in [0.15, 0.2) is 15.7 Å². The topological polar surface area (TPSA) is 104 Å². The zero-order valence-corrected chi connectivity index (χ0v) is 9.92. The van der Waals surface area contributed by atoms with Crippen molar-refractivity contribution in [2.45, 2.75) is 32.8 Å². The number of rotatable bonds is 3. The monoisotopic (exact) mass is 241 g/mol. The van der Waals surface area contributed by atoms with Crippen LogP contribution in [0.2, 0.25) is 0 Å². The van der Waals surface area contributed by atoms with Gasteiger partial charge >= 0.3 is 5.69 Å². The Morgan fingerprint density at radius 2 is 2.00 bits per heavy atom. The first kappa shape index (κ1) is 13.2. The predicted octanol–water partition coefficient (Wildman–Crippen LogP) is -0.548. The molecular formula is C10H15N3O4. The number of H-pyrrole nitrogens is 2. The van der Waals surface area contributed by atoms with Crippen LogP contribution in [0.3, 0.4) is 0 Å². The van der Waals surface area contributed by atoms with Crippen LogP contribution in [-0.2, 0) is 16.1 Å². The summed E-state index contributed by atoms with van der Waals surface area (Å²) in [6.45, 7) is 5.34. The Labute approximate surface area is 97.2 Å². The molecule has 0 atom stereocenters. The molecule has 1 amide bonds. The number of amides is 1. The fourth-order valence-corrected chi connectivity index (χ4v) is 1.03. The fraction of sp³-hybridized carbons (Fsp3) is 0.500. The molecule has 1 aromatic rings. The minimum atomic E-state index is -0.642. The summed E-state index contributed by atoms with van der Waals surface area (Å²) in [6.07, 6.45) is -0.130.